The van der Waals surface area contributed by atoms with Crippen molar-refractivity contribution < 1.29 is 14.3 Å². The Balaban J connectivity index is 1.37. The third-order valence-corrected chi connectivity index (χ3v) is 5.14. The maximum atomic E-state index is 12.8. The quantitative estimate of drug-likeness (QED) is 0.526. The highest BCUT2D eigenvalue weighted by atomic mass is 35.5. The van der Waals surface area contributed by atoms with Crippen LogP contribution in [0.5, 0.6) is 11.5 Å². The second kappa shape index (κ2) is 7.77. The third-order valence-electron chi connectivity index (χ3n) is 4.84. The number of carbonyl (C=O) groups is 1. The standard InChI is InChI=1S/C21H17ClN6O3/c1-13-20(25-26-28(13)15-4-6-18-19(12-15)31-10-9-30-18)21(29)24-14-3-5-17(16(22)11-14)27-8-2-7-23-27/h2-8,11-12H,9-10H2,1H3,(H,24,29). The molecule has 1 aliphatic rings. The van der Waals surface area contributed by atoms with Crippen LogP contribution < -0.4 is 14.8 Å². The van der Waals surface area contributed by atoms with Gasteiger partial charge in [0.1, 0.15) is 13.2 Å². The molecule has 2 aromatic carbocycles. The van der Waals surface area contributed by atoms with Crippen LogP contribution in [0.1, 0.15) is 16.2 Å². The summed E-state index contributed by atoms with van der Waals surface area (Å²) in [6, 6.07) is 12.5. The van der Waals surface area contributed by atoms with Gasteiger partial charge < -0.3 is 14.8 Å². The fourth-order valence-electron chi connectivity index (χ4n) is 3.32. The van der Waals surface area contributed by atoms with E-state index in [4.69, 9.17) is 21.1 Å². The second-order valence-corrected chi connectivity index (χ2v) is 7.24. The zero-order chi connectivity index (χ0) is 21.4. The van der Waals surface area contributed by atoms with Gasteiger partial charge in [0.2, 0.25) is 0 Å². The number of hydrogen-bond donors (Lipinski definition) is 1. The van der Waals surface area contributed by atoms with E-state index in [0.29, 0.717) is 46.8 Å². The number of ether oxygens (including phenoxy) is 2. The zero-order valence-electron chi connectivity index (χ0n) is 16.4. The maximum Gasteiger partial charge on any atom is 0.278 e. The van der Waals surface area contributed by atoms with E-state index < -0.39 is 0 Å². The van der Waals surface area contributed by atoms with Crippen molar-refractivity contribution in [2.24, 2.45) is 0 Å². The van der Waals surface area contributed by atoms with E-state index >= 15 is 0 Å². The summed E-state index contributed by atoms with van der Waals surface area (Å²) in [5.74, 6) is 0.932. The molecule has 0 atom stereocenters. The highest BCUT2D eigenvalue weighted by molar-refractivity contribution is 6.32. The Hall–Kier alpha value is -3.85. The van der Waals surface area contributed by atoms with Gasteiger partial charge in [0.05, 0.1) is 22.1 Å². The lowest BCUT2D eigenvalue weighted by Crippen LogP contribution is -2.16. The molecule has 10 heteroatoms. The Kier molecular flexibility index (Phi) is 4.79. The summed E-state index contributed by atoms with van der Waals surface area (Å²) in [4.78, 5) is 12.8. The van der Waals surface area contributed by atoms with Crippen LogP contribution in [0.3, 0.4) is 0 Å². The molecule has 0 unspecified atom stereocenters. The Morgan fingerprint density at radius 3 is 2.74 bits per heavy atom. The number of halogens is 1. The zero-order valence-corrected chi connectivity index (χ0v) is 17.2. The van der Waals surface area contributed by atoms with Crippen molar-refractivity contribution in [3.8, 4) is 22.9 Å². The molecule has 156 valence electrons. The molecule has 4 aromatic rings. The average molecular weight is 437 g/mol. The van der Waals surface area contributed by atoms with Crippen molar-refractivity contribution in [1.82, 2.24) is 24.8 Å². The summed E-state index contributed by atoms with van der Waals surface area (Å²) < 4.78 is 14.4. The van der Waals surface area contributed by atoms with E-state index in [2.05, 4.69) is 20.7 Å². The molecule has 1 N–H and O–H groups in total. The first kappa shape index (κ1) is 19.1. The molecule has 9 nitrogen and oxygen atoms in total. The van der Waals surface area contributed by atoms with Gasteiger partial charge in [-0.15, -0.1) is 5.10 Å². The molecule has 2 aromatic heterocycles. The molecule has 5 rings (SSSR count). The minimum atomic E-state index is -0.385. The Morgan fingerprint density at radius 2 is 1.97 bits per heavy atom. The van der Waals surface area contributed by atoms with Gasteiger partial charge in [-0.25, -0.2) is 9.36 Å². The normalized spacial score (nSPS) is 12.6. The van der Waals surface area contributed by atoms with Crippen LogP contribution in [0.15, 0.2) is 54.9 Å². The van der Waals surface area contributed by atoms with E-state index in [1.165, 1.54) is 0 Å². The number of rotatable bonds is 4. The first-order valence-electron chi connectivity index (χ1n) is 9.53. The largest absolute Gasteiger partial charge is 0.486 e. The highest BCUT2D eigenvalue weighted by Gasteiger charge is 2.20. The molecular formula is C21H17ClN6O3. The highest BCUT2D eigenvalue weighted by Crippen LogP contribution is 2.32. The van der Waals surface area contributed by atoms with Gasteiger partial charge in [-0.05, 0) is 43.3 Å². The van der Waals surface area contributed by atoms with Crippen molar-refractivity contribution in [3.63, 3.8) is 0 Å². The molecule has 0 saturated heterocycles. The number of nitrogens with zero attached hydrogens (tertiary/aromatic N) is 5. The molecule has 0 aliphatic carbocycles. The van der Waals surface area contributed by atoms with Gasteiger partial charge >= 0.3 is 0 Å². The Bertz CT molecular complexity index is 1270. The SMILES string of the molecule is Cc1c(C(=O)Nc2ccc(-n3cccn3)c(Cl)c2)nnn1-c1ccc2c(c1)OCCO2. The average Bonchev–Trinajstić information content (AvgIpc) is 3.43. The van der Waals surface area contributed by atoms with Crippen LogP contribution in [-0.2, 0) is 0 Å². The second-order valence-electron chi connectivity index (χ2n) is 6.83. The lowest BCUT2D eigenvalue weighted by molar-refractivity contribution is 0.102. The minimum Gasteiger partial charge on any atom is -0.486 e. The molecule has 0 saturated carbocycles. The summed E-state index contributed by atoms with van der Waals surface area (Å²) in [6.45, 7) is 2.79. The topological polar surface area (TPSA) is 96.1 Å². The first-order valence-corrected chi connectivity index (χ1v) is 9.91. The monoisotopic (exact) mass is 436 g/mol. The maximum absolute atomic E-state index is 12.8. The molecule has 0 fully saturated rings. The van der Waals surface area contributed by atoms with Crippen molar-refractivity contribution >= 4 is 23.2 Å². The summed E-state index contributed by atoms with van der Waals surface area (Å²) in [5.41, 5.74) is 2.78. The summed E-state index contributed by atoms with van der Waals surface area (Å²) in [6.07, 6.45) is 3.46. The van der Waals surface area contributed by atoms with E-state index in [1.807, 2.05) is 18.2 Å². The molecule has 0 bridgehead atoms. The van der Waals surface area contributed by atoms with Gasteiger partial charge in [-0.2, -0.15) is 5.10 Å². The van der Waals surface area contributed by atoms with Crippen molar-refractivity contribution in [3.05, 3.63) is 71.3 Å². The lowest BCUT2D eigenvalue weighted by atomic mass is 10.2. The number of fused-ring (bicyclic) bond motifs is 1. The van der Waals surface area contributed by atoms with E-state index in [9.17, 15) is 4.79 Å². The third kappa shape index (κ3) is 3.59. The van der Waals surface area contributed by atoms with Gasteiger partial charge in [0.25, 0.3) is 5.91 Å². The molecule has 1 amide bonds. The van der Waals surface area contributed by atoms with Crippen LogP contribution in [0.2, 0.25) is 5.02 Å². The smallest absolute Gasteiger partial charge is 0.278 e. The van der Waals surface area contributed by atoms with Gasteiger partial charge in [0, 0.05) is 24.1 Å². The number of aromatic nitrogens is 5. The van der Waals surface area contributed by atoms with Gasteiger partial charge in [-0.3, -0.25) is 4.79 Å². The van der Waals surface area contributed by atoms with Crippen LogP contribution in [0, 0.1) is 6.92 Å². The Morgan fingerprint density at radius 1 is 1.13 bits per heavy atom. The summed E-state index contributed by atoms with van der Waals surface area (Å²) >= 11 is 6.36. The number of hydrogen-bond acceptors (Lipinski definition) is 6. The summed E-state index contributed by atoms with van der Waals surface area (Å²) in [5, 5.41) is 15.6. The van der Waals surface area contributed by atoms with Crippen LogP contribution in [0.4, 0.5) is 5.69 Å². The van der Waals surface area contributed by atoms with E-state index in [0.717, 1.165) is 5.69 Å². The molecule has 1 aliphatic heterocycles. The fraction of sp³-hybridized carbons (Fsp3) is 0.143. The number of amides is 1. The first-order chi connectivity index (χ1) is 15.1. The van der Waals surface area contributed by atoms with Crippen molar-refractivity contribution in [2.45, 2.75) is 6.92 Å². The summed E-state index contributed by atoms with van der Waals surface area (Å²) in [7, 11) is 0. The fourth-order valence-corrected chi connectivity index (χ4v) is 3.59. The lowest BCUT2D eigenvalue weighted by Gasteiger charge is -2.18. The molecule has 31 heavy (non-hydrogen) atoms. The predicted molar refractivity (Wildman–Crippen MR) is 114 cm³/mol. The molecule has 0 spiro atoms. The number of benzene rings is 2. The number of nitrogens with one attached hydrogen (secondary N) is 1. The Labute approximate surface area is 182 Å². The molecule has 3 heterocycles. The van der Waals surface area contributed by atoms with Crippen LogP contribution in [-0.4, -0.2) is 43.9 Å². The number of anilines is 1. The molecular weight excluding hydrogens is 420 g/mol. The van der Waals surface area contributed by atoms with Gasteiger partial charge in [0.15, 0.2) is 17.2 Å². The van der Waals surface area contributed by atoms with E-state index in [1.54, 1.807) is 52.9 Å². The number of carbonyl (C=O) groups excluding carboxylic acids is 1. The van der Waals surface area contributed by atoms with Gasteiger partial charge in [-0.1, -0.05) is 16.8 Å². The predicted octanol–water partition coefficient (Wildman–Crippen LogP) is 3.44. The van der Waals surface area contributed by atoms with Crippen LogP contribution >= 0.6 is 11.6 Å². The van der Waals surface area contributed by atoms with Crippen molar-refractivity contribution in [2.75, 3.05) is 18.5 Å². The van der Waals surface area contributed by atoms with E-state index in [-0.39, 0.29) is 11.6 Å². The minimum absolute atomic E-state index is 0.210. The molecule has 0 radical (unpaired) electrons. The van der Waals surface area contributed by atoms with Crippen molar-refractivity contribution in [1.29, 1.82) is 0 Å². The van der Waals surface area contributed by atoms with Crippen LogP contribution in [0.25, 0.3) is 11.4 Å².